The van der Waals surface area contributed by atoms with Crippen molar-refractivity contribution < 1.29 is 27.1 Å². The first-order valence-electron chi connectivity index (χ1n) is 6.55. The molecule has 0 saturated heterocycles. The number of amides is 2. The largest absolute Gasteiger partial charge is 0.481 e. The van der Waals surface area contributed by atoms with Crippen LogP contribution in [0.25, 0.3) is 0 Å². The van der Waals surface area contributed by atoms with Crippen molar-refractivity contribution in [3.63, 3.8) is 0 Å². The van der Waals surface area contributed by atoms with E-state index in [2.05, 4.69) is 19.5 Å². The number of nitrogens with one attached hydrogen (secondary N) is 2. The summed E-state index contributed by atoms with van der Waals surface area (Å²) < 4.78 is 35.2. The molecule has 0 unspecified atom stereocenters. The molecule has 0 radical (unpaired) electrons. The fourth-order valence-corrected chi connectivity index (χ4v) is 2.81. The molecule has 0 fully saturated rings. The molecule has 0 saturated carbocycles. The molecule has 12 nitrogen and oxygen atoms in total. The van der Waals surface area contributed by atoms with E-state index in [0.717, 1.165) is 12.1 Å². The highest BCUT2D eigenvalue weighted by Crippen LogP contribution is 2.26. The minimum absolute atomic E-state index is 0.152. The maximum absolute atomic E-state index is 11.9. The van der Waals surface area contributed by atoms with Gasteiger partial charge in [0.15, 0.2) is 0 Å². The minimum Gasteiger partial charge on any atom is -0.481 e. The molecule has 138 valence electrons. The Balaban J connectivity index is 2.11. The third-order valence-electron chi connectivity index (χ3n) is 2.58. The Hall–Kier alpha value is -2.75. The summed E-state index contributed by atoms with van der Waals surface area (Å²) in [6, 6.07) is 5.05. The van der Waals surface area contributed by atoms with Crippen LogP contribution in [0.4, 0.5) is 16.4 Å². The number of carbonyl (C=O) groups excluding carboxylic acids is 1. The van der Waals surface area contributed by atoms with Crippen molar-refractivity contribution in [3.05, 3.63) is 44.1 Å². The SMILES string of the molecule is COc1cc(I)nc(NC(=O)NS(=O)(=O)Oc2ccccc2[N+](=O)[O-])n1. The number of methoxy groups -OCH3 is 1. The van der Waals surface area contributed by atoms with Gasteiger partial charge in [-0.05, 0) is 28.7 Å². The molecule has 0 aliphatic rings. The third kappa shape index (κ3) is 5.38. The Kier molecular flexibility index (Phi) is 6.09. The number of rotatable bonds is 6. The first-order chi connectivity index (χ1) is 12.2. The number of anilines is 1. The van der Waals surface area contributed by atoms with Gasteiger partial charge in [0.2, 0.25) is 17.6 Å². The highest BCUT2D eigenvalue weighted by atomic mass is 127. The standard InChI is InChI=1S/C12H10IN5O7S/c1-24-10-6-9(13)14-11(15-10)16-12(19)17-26(22,23)25-8-5-3-2-4-7(8)18(20)21/h2-6H,1H3,(H2,14,15,16,17,19). The lowest BCUT2D eigenvalue weighted by atomic mass is 10.3. The van der Waals surface area contributed by atoms with Gasteiger partial charge >= 0.3 is 22.0 Å². The Morgan fingerprint density at radius 1 is 1.31 bits per heavy atom. The maximum Gasteiger partial charge on any atom is 0.411 e. The number of nitro groups is 1. The quantitative estimate of drug-likeness (QED) is 0.261. The second-order valence-corrected chi connectivity index (χ2v) is 6.76. The van der Waals surface area contributed by atoms with Gasteiger partial charge in [-0.15, -0.1) is 0 Å². The van der Waals surface area contributed by atoms with E-state index in [9.17, 15) is 23.3 Å². The molecule has 1 heterocycles. The van der Waals surface area contributed by atoms with Crippen LogP contribution in [0.5, 0.6) is 11.6 Å². The molecule has 26 heavy (non-hydrogen) atoms. The average molecular weight is 495 g/mol. The number of halogens is 1. The summed E-state index contributed by atoms with van der Waals surface area (Å²) in [5.41, 5.74) is -0.580. The van der Waals surface area contributed by atoms with E-state index in [1.807, 2.05) is 22.6 Å². The highest BCUT2D eigenvalue weighted by molar-refractivity contribution is 14.1. The molecule has 0 aliphatic heterocycles. The molecular weight excluding hydrogens is 485 g/mol. The number of aromatic nitrogens is 2. The van der Waals surface area contributed by atoms with E-state index in [-0.39, 0.29) is 11.8 Å². The van der Waals surface area contributed by atoms with Gasteiger partial charge in [0, 0.05) is 12.1 Å². The molecule has 2 N–H and O–H groups in total. The van der Waals surface area contributed by atoms with Crippen LogP contribution >= 0.6 is 22.6 Å². The molecule has 14 heteroatoms. The number of urea groups is 1. The van der Waals surface area contributed by atoms with Crippen molar-refractivity contribution in [3.8, 4) is 11.6 Å². The molecule has 1 aromatic carbocycles. The van der Waals surface area contributed by atoms with Crippen molar-refractivity contribution >= 4 is 50.6 Å². The van der Waals surface area contributed by atoms with Crippen LogP contribution in [0, 0.1) is 13.8 Å². The van der Waals surface area contributed by atoms with E-state index in [0.29, 0.717) is 3.70 Å². The second kappa shape index (κ2) is 8.09. The number of ether oxygens (including phenoxy) is 1. The lowest BCUT2D eigenvalue weighted by molar-refractivity contribution is -0.385. The van der Waals surface area contributed by atoms with Crippen LogP contribution in [0.3, 0.4) is 0 Å². The summed E-state index contributed by atoms with van der Waals surface area (Å²) in [6.45, 7) is 0. The van der Waals surface area contributed by atoms with Crippen LogP contribution in [-0.4, -0.2) is 36.4 Å². The summed E-state index contributed by atoms with van der Waals surface area (Å²) in [7, 11) is -3.34. The Morgan fingerprint density at radius 2 is 2.00 bits per heavy atom. The van der Waals surface area contributed by atoms with Crippen molar-refractivity contribution in [1.82, 2.24) is 14.7 Å². The van der Waals surface area contributed by atoms with Gasteiger partial charge < -0.3 is 8.92 Å². The number of hydrogen-bond donors (Lipinski definition) is 2. The summed E-state index contributed by atoms with van der Waals surface area (Å²) in [5.74, 6) is -0.615. The normalized spacial score (nSPS) is 10.7. The Labute approximate surface area is 160 Å². The monoisotopic (exact) mass is 495 g/mol. The molecule has 2 rings (SSSR count). The zero-order chi connectivity index (χ0) is 19.3. The van der Waals surface area contributed by atoms with E-state index < -0.39 is 32.7 Å². The first kappa shape index (κ1) is 19.6. The van der Waals surface area contributed by atoms with Gasteiger partial charge in [-0.2, -0.15) is 13.4 Å². The molecule has 0 aliphatic carbocycles. The van der Waals surface area contributed by atoms with Crippen LogP contribution in [-0.2, 0) is 10.3 Å². The van der Waals surface area contributed by atoms with Crippen LogP contribution < -0.4 is 19.0 Å². The van der Waals surface area contributed by atoms with E-state index >= 15 is 0 Å². The van der Waals surface area contributed by atoms with Gasteiger partial charge in [0.25, 0.3) is 0 Å². The number of benzene rings is 1. The summed E-state index contributed by atoms with van der Waals surface area (Å²) in [5, 5.41) is 13.0. The fraction of sp³-hybridized carbons (Fsp3) is 0.0833. The molecule has 0 bridgehead atoms. The minimum atomic E-state index is -4.69. The molecular formula is C12H10IN5O7S. The second-order valence-electron chi connectivity index (χ2n) is 4.38. The topological polar surface area (TPSA) is 163 Å². The van der Waals surface area contributed by atoms with Crippen molar-refractivity contribution in [2.45, 2.75) is 0 Å². The van der Waals surface area contributed by atoms with Gasteiger partial charge in [0.05, 0.1) is 12.0 Å². The number of carbonyl (C=O) groups is 1. The Morgan fingerprint density at radius 3 is 2.65 bits per heavy atom. The van der Waals surface area contributed by atoms with Gasteiger partial charge in [-0.1, -0.05) is 12.1 Å². The third-order valence-corrected chi connectivity index (χ3v) is 3.97. The average Bonchev–Trinajstić information content (AvgIpc) is 2.53. The maximum atomic E-state index is 11.9. The van der Waals surface area contributed by atoms with Crippen molar-refractivity contribution in [1.29, 1.82) is 0 Å². The molecule has 0 atom stereocenters. The zero-order valence-electron chi connectivity index (χ0n) is 12.9. The molecule has 2 aromatic rings. The predicted molar refractivity (Wildman–Crippen MR) is 96.1 cm³/mol. The first-order valence-corrected chi connectivity index (χ1v) is 9.04. The predicted octanol–water partition coefficient (Wildman–Crippen LogP) is 1.44. The summed E-state index contributed by atoms with van der Waals surface area (Å²) in [6.07, 6.45) is 0. The van der Waals surface area contributed by atoms with Crippen molar-refractivity contribution in [2.24, 2.45) is 0 Å². The number of nitrogens with zero attached hydrogens (tertiary/aromatic N) is 3. The zero-order valence-corrected chi connectivity index (χ0v) is 15.8. The summed E-state index contributed by atoms with van der Waals surface area (Å²) in [4.78, 5) is 29.5. The van der Waals surface area contributed by atoms with Gasteiger partial charge in [0.1, 0.15) is 3.70 Å². The molecule has 0 spiro atoms. The van der Waals surface area contributed by atoms with E-state index in [1.165, 1.54) is 30.0 Å². The number of nitro benzene ring substituents is 1. The van der Waals surface area contributed by atoms with Crippen LogP contribution in [0.15, 0.2) is 30.3 Å². The smallest absolute Gasteiger partial charge is 0.411 e. The van der Waals surface area contributed by atoms with Crippen molar-refractivity contribution in [2.75, 3.05) is 12.4 Å². The Bertz CT molecular complexity index is 953. The number of hydrogen-bond acceptors (Lipinski definition) is 9. The lowest BCUT2D eigenvalue weighted by Gasteiger charge is -2.09. The number of para-hydroxylation sites is 2. The molecule has 2 amide bonds. The van der Waals surface area contributed by atoms with E-state index in [4.69, 9.17) is 4.74 Å². The molecule has 1 aromatic heterocycles. The summed E-state index contributed by atoms with van der Waals surface area (Å²) >= 11 is 1.84. The van der Waals surface area contributed by atoms with E-state index in [1.54, 1.807) is 0 Å². The lowest BCUT2D eigenvalue weighted by Crippen LogP contribution is -2.37. The van der Waals surface area contributed by atoms with Gasteiger partial charge in [-0.25, -0.2) is 14.5 Å². The highest BCUT2D eigenvalue weighted by Gasteiger charge is 2.23. The fourth-order valence-electron chi connectivity index (χ4n) is 1.62. The van der Waals surface area contributed by atoms with Gasteiger partial charge in [-0.3, -0.25) is 15.4 Å². The van der Waals surface area contributed by atoms with Crippen LogP contribution in [0.1, 0.15) is 0 Å². The van der Waals surface area contributed by atoms with Crippen LogP contribution in [0.2, 0.25) is 0 Å².